The highest BCUT2D eigenvalue weighted by atomic mass is 16.5. The number of hydrogen-bond donors (Lipinski definition) is 1. The molecule has 1 aromatic carbocycles. The minimum Gasteiger partial charge on any atom is -0.496 e. The summed E-state index contributed by atoms with van der Waals surface area (Å²) in [6, 6.07) is 9.06. The number of nitrogens with one attached hydrogen (secondary N) is 1. The molecular formula is C18H27NO. The van der Waals surface area contributed by atoms with E-state index in [1.807, 2.05) is 6.07 Å². The molecule has 0 unspecified atom stereocenters. The van der Waals surface area contributed by atoms with Crippen molar-refractivity contribution in [3.8, 4) is 5.75 Å². The molecule has 0 spiro atoms. The van der Waals surface area contributed by atoms with Crippen molar-refractivity contribution in [2.24, 2.45) is 11.8 Å². The van der Waals surface area contributed by atoms with Gasteiger partial charge in [-0.3, -0.25) is 0 Å². The molecule has 0 heterocycles. The van der Waals surface area contributed by atoms with E-state index in [2.05, 4.69) is 23.5 Å². The Morgan fingerprint density at radius 1 is 1.05 bits per heavy atom. The number of hydrogen-bond acceptors (Lipinski definition) is 2. The Balaban J connectivity index is 1.53. The van der Waals surface area contributed by atoms with Gasteiger partial charge in [-0.1, -0.05) is 43.9 Å². The van der Waals surface area contributed by atoms with E-state index in [9.17, 15) is 0 Å². The lowest BCUT2D eigenvalue weighted by atomic mass is 9.69. The fraction of sp³-hybridized carbons (Fsp3) is 0.667. The Morgan fingerprint density at radius 2 is 1.85 bits per heavy atom. The Kier molecular flexibility index (Phi) is 4.62. The monoisotopic (exact) mass is 273 g/mol. The maximum Gasteiger partial charge on any atom is 0.123 e. The average molecular weight is 273 g/mol. The van der Waals surface area contributed by atoms with Gasteiger partial charge in [-0.05, 0) is 37.2 Å². The first-order valence-electron chi connectivity index (χ1n) is 8.22. The number of rotatable bonds is 4. The van der Waals surface area contributed by atoms with E-state index < -0.39 is 0 Å². The second-order valence-electron chi connectivity index (χ2n) is 6.51. The summed E-state index contributed by atoms with van der Waals surface area (Å²) in [7, 11) is 1.76. The van der Waals surface area contributed by atoms with Crippen molar-refractivity contribution in [1.82, 2.24) is 5.32 Å². The minimum atomic E-state index is 0.708. The lowest BCUT2D eigenvalue weighted by Crippen LogP contribution is -2.38. The summed E-state index contributed by atoms with van der Waals surface area (Å²) in [6.07, 6.45) is 10.1. The van der Waals surface area contributed by atoms with Crippen LogP contribution < -0.4 is 10.1 Å². The second kappa shape index (κ2) is 6.62. The second-order valence-corrected chi connectivity index (χ2v) is 6.51. The predicted octanol–water partition coefficient (Wildman–Crippen LogP) is 4.14. The third-order valence-corrected chi connectivity index (χ3v) is 5.31. The van der Waals surface area contributed by atoms with Crippen molar-refractivity contribution < 1.29 is 4.74 Å². The van der Waals surface area contributed by atoms with Crippen LogP contribution in [0.2, 0.25) is 0 Å². The van der Waals surface area contributed by atoms with Crippen LogP contribution in [-0.2, 0) is 6.54 Å². The highest BCUT2D eigenvalue weighted by molar-refractivity contribution is 5.33. The van der Waals surface area contributed by atoms with E-state index in [4.69, 9.17) is 4.74 Å². The van der Waals surface area contributed by atoms with Crippen molar-refractivity contribution in [2.75, 3.05) is 7.11 Å². The Bertz CT molecular complexity index is 431. The molecule has 0 amide bonds. The molecule has 0 aliphatic heterocycles. The molecule has 2 heteroatoms. The van der Waals surface area contributed by atoms with E-state index in [1.165, 1.54) is 50.5 Å². The molecule has 2 aliphatic carbocycles. The maximum absolute atomic E-state index is 5.43. The fourth-order valence-corrected chi connectivity index (χ4v) is 4.16. The standard InChI is InChI=1S/C18H27NO/c1-20-18-9-5-4-8-16(18)13-19-17-11-10-14-6-2-3-7-15(14)12-17/h4-5,8-9,14-15,17,19H,2-3,6-7,10-13H2,1H3/t14-,15-,17-/m1/s1. The van der Waals surface area contributed by atoms with Gasteiger partial charge in [-0.15, -0.1) is 0 Å². The maximum atomic E-state index is 5.43. The van der Waals surface area contributed by atoms with Crippen molar-refractivity contribution in [3.05, 3.63) is 29.8 Å². The zero-order valence-electron chi connectivity index (χ0n) is 12.6. The van der Waals surface area contributed by atoms with Crippen molar-refractivity contribution >= 4 is 0 Å². The topological polar surface area (TPSA) is 21.3 Å². The minimum absolute atomic E-state index is 0.708. The van der Waals surface area contributed by atoms with Crippen molar-refractivity contribution in [2.45, 2.75) is 57.5 Å². The number of benzene rings is 1. The summed E-state index contributed by atoms with van der Waals surface area (Å²) in [4.78, 5) is 0. The van der Waals surface area contributed by atoms with Crippen LogP contribution in [0.25, 0.3) is 0 Å². The van der Waals surface area contributed by atoms with Crippen LogP contribution in [0.4, 0.5) is 0 Å². The van der Waals surface area contributed by atoms with E-state index in [1.54, 1.807) is 7.11 Å². The summed E-state index contributed by atoms with van der Waals surface area (Å²) < 4.78 is 5.43. The fourth-order valence-electron chi connectivity index (χ4n) is 4.16. The zero-order chi connectivity index (χ0) is 13.8. The lowest BCUT2D eigenvalue weighted by molar-refractivity contribution is 0.143. The molecule has 2 aliphatic rings. The summed E-state index contributed by atoms with van der Waals surface area (Å²) in [5.41, 5.74) is 1.28. The van der Waals surface area contributed by atoms with Gasteiger partial charge in [-0.25, -0.2) is 0 Å². The average Bonchev–Trinajstić information content (AvgIpc) is 2.53. The Morgan fingerprint density at radius 3 is 2.70 bits per heavy atom. The number of methoxy groups -OCH3 is 1. The highest BCUT2D eigenvalue weighted by Crippen LogP contribution is 2.40. The lowest BCUT2D eigenvalue weighted by Gasteiger charge is -2.39. The molecule has 3 rings (SSSR count). The van der Waals surface area contributed by atoms with Gasteiger partial charge in [0.05, 0.1) is 7.11 Å². The van der Waals surface area contributed by atoms with Gasteiger partial charge in [0.25, 0.3) is 0 Å². The molecule has 2 nitrogen and oxygen atoms in total. The molecule has 0 aromatic heterocycles. The van der Waals surface area contributed by atoms with E-state index in [0.717, 1.165) is 24.1 Å². The summed E-state index contributed by atoms with van der Waals surface area (Å²) >= 11 is 0. The van der Waals surface area contributed by atoms with Gasteiger partial charge in [-0.2, -0.15) is 0 Å². The number of ether oxygens (including phenoxy) is 1. The van der Waals surface area contributed by atoms with Crippen LogP contribution in [0.15, 0.2) is 24.3 Å². The molecule has 2 saturated carbocycles. The normalized spacial score (nSPS) is 29.8. The summed E-state index contributed by atoms with van der Waals surface area (Å²) in [5.74, 6) is 3.03. The van der Waals surface area contributed by atoms with Crippen LogP contribution >= 0.6 is 0 Å². The summed E-state index contributed by atoms with van der Waals surface area (Å²) in [6.45, 7) is 0.937. The van der Waals surface area contributed by atoms with Gasteiger partial charge in [0.15, 0.2) is 0 Å². The van der Waals surface area contributed by atoms with Crippen LogP contribution in [-0.4, -0.2) is 13.2 Å². The SMILES string of the molecule is COc1ccccc1CN[C@@H]1CC[C@H]2CCCC[C@@H]2C1. The third-order valence-electron chi connectivity index (χ3n) is 5.31. The molecular weight excluding hydrogens is 246 g/mol. The van der Waals surface area contributed by atoms with Crippen LogP contribution in [0, 0.1) is 11.8 Å². The van der Waals surface area contributed by atoms with Gasteiger partial charge < -0.3 is 10.1 Å². The smallest absolute Gasteiger partial charge is 0.123 e. The molecule has 0 radical (unpaired) electrons. The van der Waals surface area contributed by atoms with Gasteiger partial charge in [0.1, 0.15) is 5.75 Å². The number of fused-ring (bicyclic) bond motifs is 1. The largest absolute Gasteiger partial charge is 0.496 e. The predicted molar refractivity (Wildman–Crippen MR) is 82.9 cm³/mol. The Hall–Kier alpha value is -1.02. The molecule has 3 atom stereocenters. The van der Waals surface area contributed by atoms with E-state index >= 15 is 0 Å². The molecule has 1 N–H and O–H groups in total. The molecule has 1 aromatic rings. The van der Waals surface area contributed by atoms with E-state index in [-0.39, 0.29) is 0 Å². The van der Waals surface area contributed by atoms with Crippen LogP contribution in [0.5, 0.6) is 5.75 Å². The molecule has 110 valence electrons. The first-order valence-corrected chi connectivity index (χ1v) is 8.22. The van der Waals surface area contributed by atoms with Crippen LogP contribution in [0.1, 0.15) is 50.5 Å². The van der Waals surface area contributed by atoms with Gasteiger partial charge in [0, 0.05) is 18.2 Å². The third kappa shape index (κ3) is 3.17. The highest BCUT2D eigenvalue weighted by Gasteiger charge is 2.31. The van der Waals surface area contributed by atoms with E-state index in [0.29, 0.717) is 6.04 Å². The summed E-state index contributed by atoms with van der Waals surface area (Å²) in [5, 5.41) is 3.77. The van der Waals surface area contributed by atoms with Crippen molar-refractivity contribution in [1.29, 1.82) is 0 Å². The number of para-hydroxylation sites is 1. The van der Waals surface area contributed by atoms with Gasteiger partial charge in [0.2, 0.25) is 0 Å². The zero-order valence-corrected chi connectivity index (χ0v) is 12.6. The molecule has 0 saturated heterocycles. The Labute approximate surface area is 122 Å². The van der Waals surface area contributed by atoms with Crippen LogP contribution in [0.3, 0.4) is 0 Å². The first kappa shape index (κ1) is 13.9. The molecule has 20 heavy (non-hydrogen) atoms. The molecule has 2 fully saturated rings. The first-order chi connectivity index (χ1) is 9.86. The molecule has 0 bridgehead atoms. The van der Waals surface area contributed by atoms with Crippen molar-refractivity contribution in [3.63, 3.8) is 0 Å². The van der Waals surface area contributed by atoms with Gasteiger partial charge >= 0.3 is 0 Å². The quantitative estimate of drug-likeness (QED) is 0.890.